The Kier molecular flexibility index (Phi) is 7.03. The van der Waals surface area contributed by atoms with E-state index in [4.69, 9.17) is 4.74 Å². The molecule has 1 N–H and O–H groups in total. The van der Waals surface area contributed by atoms with Crippen LogP contribution in [0.2, 0.25) is 0 Å². The minimum Gasteiger partial charge on any atom is -0.507 e. The van der Waals surface area contributed by atoms with E-state index < -0.39 is 5.60 Å². The number of benzene rings is 3. The fraction of sp³-hybridized carbons (Fsp3) is 0.344. The first-order valence-electron chi connectivity index (χ1n) is 13.0. The second-order valence-corrected chi connectivity index (χ2v) is 10.1. The molecule has 0 amide bonds. The maximum Gasteiger partial charge on any atom is 0.339 e. The lowest BCUT2D eigenvalue weighted by molar-refractivity contribution is -0.150. The molecule has 3 heteroatoms. The van der Waals surface area contributed by atoms with Crippen molar-refractivity contribution in [2.24, 2.45) is 5.92 Å². The van der Waals surface area contributed by atoms with Crippen LogP contribution in [-0.4, -0.2) is 16.7 Å². The summed E-state index contributed by atoms with van der Waals surface area (Å²) in [5.74, 6) is 0.160. The second-order valence-electron chi connectivity index (χ2n) is 10.1. The van der Waals surface area contributed by atoms with Crippen molar-refractivity contribution in [1.29, 1.82) is 0 Å². The van der Waals surface area contributed by atoms with E-state index >= 15 is 0 Å². The largest absolute Gasteiger partial charge is 0.507 e. The van der Waals surface area contributed by atoms with E-state index in [0.29, 0.717) is 24.3 Å². The molecule has 1 aliphatic carbocycles. The van der Waals surface area contributed by atoms with Gasteiger partial charge in [0.2, 0.25) is 0 Å². The molecular formula is C32H34O3. The fourth-order valence-corrected chi connectivity index (χ4v) is 5.57. The molecule has 1 atom stereocenters. The topological polar surface area (TPSA) is 46.5 Å². The van der Waals surface area contributed by atoms with Crippen LogP contribution < -0.4 is 0 Å². The van der Waals surface area contributed by atoms with E-state index in [0.717, 1.165) is 44.1 Å². The van der Waals surface area contributed by atoms with E-state index in [1.54, 1.807) is 0 Å². The summed E-state index contributed by atoms with van der Waals surface area (Å²) in [6, 6.07) is 30.9. The second kappa shape index (κ2) is 10.5. The average molecular weight is 467 g/mol. The van der Waals surface area contributed by atoms with E-state index in [9.17, 15) is 9.90 Å². The third-order valence-electron chi connectivity index (χ3n) is 7.54. The van der Waals surface area contributed by atoms with Gasteiger partial charge in [0, 0.05) is 5.92 Å². The van der Waals surface area contributed by atoms with Crippen LogP contribution in [0, 0.1) is 5.92 Å². The number of carbonyl (C=O) groups is 1. The first-order valence-corrected chi connectivity index (χ1v) is 13.0. The minimum absolute atomic E-state index is 0.0891. The molecule has 1 unspecified atom stereocenters. The van der Waals surface area contributed by atoms with Gasteiger partial charge in [-0.15, -0.1) is 0 Å². The van der Waals surface area contributed by atoms with Crippen LogP contribution in [0.25, 0.3) is 0 Å². The maximum atomic E-state index is 13.4. The Balaban J connectivity index is 1.41. The van der Waals surface area contributed by atoms with Crippen molar-refractivity contribution < 1.29 is 14.6 Å². The number of hydrogen-bond acceptors (Lipinski definition) is 3. The summed E-state index contributed by atoms with van der Waals surface area (Å²) >= 11 is 0. The Morgan fingerprint density at radius 2 is 1.26 bits per heavy atom. The highest BCUT2D eigenvalue weighted by Crippen LogP contribution is 2.52. The minimum atomic E-state index is -0.933. The van der Waals surface area contributed by atoms with Crippen molar-refractivity contribution in [3.05, 3.63) is 119 Å². The molecule has 1 heterocycles. The zero-order chi connectivity index (χ0) is 24.1. The highest BCUT2D eigenvalue weighted by molar-refractivity contribution is 5.94. The van der Waals surface area contributed by atoms with Crippen molar-refractivity contribution in [2.75, 3.05) is 0 Å². The number of aliphatic hydroxyl groups is 1. The average Bonchev–Trinajstić information content (AvgIpc) is 3.70. The number of cyclic esters (lactones) is 1. The number of rotatable bonds is 11. The van der Waals surface area contributed by atoms with E-state index in [1.807, 2.05) is 30.3 Å². The summed E-state index contributed by atoms with van der Waals surface area (Å²) < 4.78 is 6.17. The van der Waals surface area contributed by atoms with Gasteiger partial charge in [0.25, 0.3) is 0 Å². The van der Waals surface area contributed by atoms with Crippen LogP contribution in [0.15, 0.2) is 102 Å². The third kappa shape index (κ3) is 5.35. The zero-order valence-corrected chi connectivity index (χ0v) is 20.2. The summed E-state index contributed by atoms with van der Waals surface area (Å²) in [6.45, 7) is 0. The molecule has 1 aliphatic heterocycles. The Hall–Kier alpha value is -3.33. The van der Waals surface area contributed by atoms with Crippen molar-refractivity contribution >= 4 is 5.97 Å². The van der Waals surface area contributed by atoms with Crippen molar-refractivity contribution in [3.8, 4) is 0 Å². The summed E-state index contributed by atoms with van der Waals surface area (Å²) in [7, 11) is 0. The third-order valence-corrected chi connectivity index (χ3v) is 7.54. The predicted octanol–water partition coefficient (Wildman–Crippen LogP) is 7.33. The maximum absolute atomic E-state index is 13.4. The highest BCUT2D eigenvalue weighted by atomic mass is 16.6. The number of aryl methyl sites for hydroxylation is 2. The molecule has 35 heavy (non-hydrogen) atoms. The number of aliphatic hydroxyl groups excluding tert-OH is 1. The van der Waals surface area contributed by atoms with Crippen LogP contribution in [-0.2, 0) is 22.4 Å². The Morgan fingerprint density at radius 1 is 0.771 bits per heavy atom. The molecule has 0 spiro atoms. The predicted molar refractivity (Wildman–Crippen MR) is 139 cm³/mol. The summed E-state index contributed by atoms with van der Waals surface area (Å²) in [5, 5.41) is 11.7. The van der Waals surface area contributed by atoms with Crippen LogP contribution in [0.5, 0.6) is 0 Å². The fourth-order valence-electron chi connectivity index (χ4n) is 5.57. The smallest absolute Gasteiger partial charge is 0.339 e. The van der Waals surface area contributed by atoms with Gasteiger partial charge in [0.05, 0.1) is 5.57 Å². The lowest BCUT2D eigenvalue weighted by Crippen LogP contribution is -2.32. The molecule has 0 bridgehead atoms. The van der Waals surface area contributed by atoms with E-state index in [1.165, 1.54) is 11.1 Å². The van der Waals surface area contributed by atoms with Crippen molar-refractivity contribution in [1.82, 2.24) is 0 Å². The van der Waals surface area contributed by atoms with Gasteiger partial charge in [0.1, 0.15) is 5.76 Å². The summed E-state index contributed by atoms with van der Waals surface area (Å²) in [5.41, 5.74) is 3.19. The molecular weight excluding hydrogens is 432 g/mol. The Morgan fingerprint density at radius 3 is 1.74 bits per heavy atom. The number of carbonyl (C=O) groups excluding carboxylic acids is 1. The summed E-state index contributed by atoms with van der Waals surface area (Å²) in [6.07, 6.45) is 6.91. The molecule has 3 aromatic rings. The van der Waals surface area contributed by atoms with Crippen molar-refractivity contribution in [3.63, 3.8) is 0 Å². The van der Waals surface area contributed by atoms with Gasteiger partial charge in [0.15, 0.2) is 5.60 Å². The standard InChI is InChI=1S/C32H34O3/c33-30-29(28(27-20-21-27)26-18-8-3-9-19-26)31(34)35-32(30,22-10-16-24-12-4-1-5-13-24)23-11-17-25-14-6-2-7-15-25/h1-9,12-15,18-19,27-28,33H,10-11,16-17,20-23H2. The van der Waals surface area contributed by atoms with Crippen LogP contribution >= 0.6 is 0 Å². The molecule has 180 valence electrons. The molecule has 1 fully saturated rings. The van der Waals surface area contributed by atoms with Gasteiger partial charge in [-0.2, -0.15) is 0 Å². The van der Waals surface area contributed by atoms with Crippen LogP contribution in [0.4, 0.5) is 0 Å². The van der Waals surface area contributed by atoms with Crippen LogP contribution in [0.3, 0.4) is 0 Å². The quantitative estimate of drug-likeness (QED) is 0.301. The van der Waals surface area contributed by atoms with E-state index in [2.05, 4.69) is 60.7 Å². The lowest BCUT2D eigenvalue weighted by Gasteiger charge is -2.28. The normalized spacial score (nSPS) is 17.9. The van der Waals surface area contributed by atoms with Crippen molar-refractivity contribution in [2.45, 2.75) is 62.9 Å². The monoisotopic (exact) mass is 466 g/mol. The van der Waals surface area contributed by atoms with Gasteiger partial charge in [-0.25, -0.2) is 4.79 Å². The first kappa shape index (κ1) is 23.4. The molecule has 1 saturated carbocycles. The Bertz CT molecular complexity index is 1100. The molecule has 0 aromatic heterocycles. The van der Waals surface area contributed by atoms with Gasteiger partial charge in [-0.05, 0) is 74.0 Å². The number of esters is 1. The van der Waals surface area contributed by atoms with Gasteiger partial charge in [-0.3, -0.25) is 0 Å². The zero-order valence-electron chi connectivity index (χ0n) is 20.2. The number of ether oxygens (including phenoxy) is 1. The van der Waals surface area contributed by atoms with Gasteiger partial charge < -0.3 is 9.84 Å². The van der Waals surface area contributed by atoms with Gasteiger partial charge in [-0.1, -0.05) is 91.0 Å². The molecule has 3 aromatic carbocycles. The first-order chi connectivity index (χ1) is 17.2. The van der Waals surface area contributed by atoms with E-state index in [-0.39, 0.29) is 17.6 Å². The molecule has 3 nitrogen and oxygen atoms in total. The lowest BCUT2D eigenvalue weighted by atomic mass is 9.81. The molecule has 0 radical (unpaired) electrons. The number of hydrogen-bond donors (Lipinski definition) is 1. The molecule has 5 rings (SSSR count). The molecule has 0 saturated heterocycles. The van der Waals surface area contributed by atoms with Gasteiger partial charge >= 0.3 is 5.97 Å². The SMILES string of the molecule is O=C1OC(CCCc2ccccc2)(CCCc2ccccc2)C(O)=C1C(c1ccccc1)C1CC1. The van der Waals surface area contributed by atoms with Crippen LogP contribution in [0.1, 0.15) is 61.1 Å². The molecule has 2 aliphatic rings. The highest BCUT2D eigenvalue weighted by Gasteiger charge is 2.52. The Labute approximate surface area is 208 Å². The summed E-state index contributed by atoms with van der Waals surface area (Å²) in [4.78, 5) is 13.4.